The number of halogens is 2. The van der Waals surface area contributed by atoms with Crippen molar-refractivity contribution in [3.05, 3.63) is 170 Å². The standard InChI is InChI=1S/C51H50Cl2N4O10/c1-32-38(31-67-49-23-46(64-28-34-7-2-6-33(18-34)24-54)39(21-43(49)53)26-56-44(13-16-58)50(60)61)11-4-12-41(32)37-10-3-8-35(19-37)29-66-48-22-47(65-30-36-9-5-15-55-25-36)40(20-42(48)52)27-57-45(14-17-59)51(62)63/h2-12,15,18-23,25,44-45,56-59H,13-14,16-17,26-31H2,1H3,(H,60,61)(H,62,63)/t44-,45+/m1/s1. The van der Waals surface area contributed by atoms with Gasteiger partial charge in [0, 0.05) is 67.5 Å². The molecule has 0 saturated carbocycles. The lowest BCUT2D eigenvalue weighted by Crippen LogP contribution is -2.37. The van der Waals surface area contributed by atoms with E-state index < -0.39 is 24.0 Å². The molecule has 0 aliphatic heterocycles. The number of hydrogen-bond acceptors (Lipinski definition) is 12. The summed E-state index contributed by atoms with van der Waals surface area (Å²) < 4.78 is 25.0. The molecule has 0 aliphatic carbocycles. The van der Waals surface area contributed by atoms with Crippen molar-refractivity contribution in [3.63, 3.8) is 0 Å². The minimum atomic E-state index is -1.10. The summed E-state index contributed by atoms with van der Waals surface area (Å²) in [4.78, 5) is 27.7. The highest BCUT2D eigenvalue weighted by Crippen LogP contribution is 2.37. The molecule has 1 heterocycles. The lowest BCUT2D eigenvalue weighted by atomic mass is 9.95. The number of nitrogens with one attached hydrogen (secondary N) is 2. The van der Waals surface area contributed by atoms with Crippen LogP contribution in [0.1, 0.15) is 57.3 Å². The number of carboxylic acids is 2. The van der Waals surface area contributed by atoms with Crippen LogP contribution in [-0.4, -0.2) is 62.6 Å². The Balaban J connectivity index is 1.18. The van der Waals surface area contributed by atoms with Gasteiger partial charge in [-0.2, -0.15) is 5.26 Å². The second-order valence-electron chi connectivity index (χ2n) is 15.5. The third-order valence-corrected chi connectivity index (χ3v) is 11.4. The van der Waals surface area contributed by atoms with Gasteiger partial charge in [0.05, 0.1) is 21.7 Å². The quantitative estimate of drug-likeness (QED) is 0.0318. The monoisotopic (exact) mass is 948 g/mol. The number of nitrogens with zero attached hydrogens (tertiary/aromatic N) is 2. The van der Waals surface area contributed by atoms with Crippen LogP contribution in [0.2, 0.25) is 10.0 Å². The summed E-state index contributed by atoms with van der Waals surface area (Å²) >= 11 is 13.5. The predicted octanol–water partition coefficient (Wildman–Crippen LogP) is 8.40. The molecule has 2 atom stereocenters. The Morgan fingerprint density at radius 3 is 1.72 bits per heavy atom. The number of aliphatic carboxylic acids is 2. The Bertz CT molecular complexity index is 2680. The summed E-state index contributed by atoms with van der Waals surface area (Å²) in [5, 5.41) is 53.9. The van der Waals surface area contributed by atoms with Crippen LogP contribution in [0.25, 0.3) is 11.1 Å². The fourth-order valence-corrected chi connectivity index (χ4v) is 7.58. The number of pyridine rings is 1. The van der Waals surface area contributed by atoms with E-state index in [1.807, 2.05) is 61.5 Å². The molecule has 6 aromatic rings. The molecule has 0 unspecified atom stereocenters. The Morgan fingerprint density at radius 1 is 0.642 bits per heavy atom. The molecule has 0 amide bonds. The number of ether oxygens (including phenoxy) is 4. The van der Waals surface area contributed by atoms with Crippen molar-refractivity contribution in [2.45, 2.75) is 71.4 Å². The molecule has 6 rings (SSSR count). The minimum Gasteiger partial charge on any atom is -0.488 e. The Morgan fingerprint density at radius 2 is 1.16 bits per heavy atom. The van der Waals surface area contributed by atoms with Crippen molar-refractivity contribution >= 4 is 35.1 Å². The second kappa shape index (κ2) is 24.7. The first-order valence-corrected chi connectivity index (χ1v) is 22.1. The molecule has 0 bridgehead atoms. The van der Waals surface area contributed by atoms with E-state index in [4.69, 9.17) is 42.1 Å². The number of carboxylic acid groups (broad SMARTS) is 2. The third-order valence-electron chi connectivity index (χ3n) is 10.8. The summed E-state index contributed by atoms with van der Waals surface area (Å²) in [5.41, 5.74) is 7.91. The van der Waals surface area contributed by atoms with E-state index >= 15 is 0 Å². The first kappa shape index (κ1) is 49.7. The summed E-state index contributed by atoms with van der Waals surface area (Å²) in [7, 11) is 0. The molecule has 1 aromatic heterocycles. The van der Waals surface area contributed by atoms with E-state index in [-0.39, 0.29) is 70.6 Å². The van der Waals surface area contributed by atoms with Crippen LogP contribution >= 0.6 is 23.2 Å². The normalized spacial score (nSPS) is 11.9. The van der Waals surface area contributed by atoms with Gasteiger partial charge in [0.1, 0.15) is 61.5 Å². The van der Waals surface area contributed by atoms with E-state index in [0.29, 0.717) is 44.7 Å². The van der Waals surface area contributed by atoms with Crippen molar-refractivity contribution in [2.75, 3.05) is 13.2 Å². The largest absolute Gasteiger partial charge is 0.488 e. The van der Waals surface area contributed by atoms with Gasteiger partial charge in [0.15, 0.2) is 0 Å². The average molecular weight is 950 g/mol. The van der Waals surface area contributed by atoms with Crippen LogP contribution in [-0.2, 0) is 49.1 Å². The van der Waals surface area contributed by atoms with Gasteiger partial charge in [-0.15, -0.1) is 0 Å². The molecule has 16 heteroatoms. The van der Waals surface area contributed by atoms with Crippen molar-refractivity contribution in [1.29, 1.82) is 5.26 Å². The van der Waals surface area contributed by atoms with Gasteiger partial charge in [0.25, 0.3) is 0 Å². The lowest BCUT2D eigenvalue weighted by Gasteiger charge is -2.19. The molecular formula is C51H50Cl2N4O10. The maximum absolute atomic E-state index is 11.8. The molecule has 0 spiro atoms. The lowest BCUT2D eigenvalue weighted by molar-refractivity contribution is -0.140. The molecule has 348 valence electrons. The molecule has 0 aliphatic rings. The van der Waals surface area contributed by atoms with E-state index in [9.17, 15) is 35.3 Å². The van der Waals surface area contributed by atoms with Crippen LogP contribution in [0.3, 0.4) is 0 Å². The van der Waals surface area contributed by atoms with Crippen LogP contribution in [0.4, 0.5) is 0 Å². The zero-order chi connectivity index (χ0) is 47.7. The number of aliphatic hydroxyl groups is 2. The SMILES string of the molecule is Cc1c(COc2cc(OCc3cccc(C#N)c3)c(CN[C@H](CCO)C(=O)O)cc2Cl)cccc1-c1cccc(COc2cc(OCc3cccnc3)c(CN[C@@H](CCO)C(=O)O)cc2Cl)c1. The van der Waals surface area contributed by atoms with Crippen LogP contribution in [0.15, 0.2) is 116 Å². The van der Waals surface area contributed by atoms with Gasteiger partial charge < -0.3 is 50.0 Å². The van der Waals surface area contributed by atoms with Crippen molar-refractivity contribution in [2.24, 2.45) is 0 Å². The van der Waals surface area contributed by atoms with Gasteiger partial charge >= 0.3 is 11.9 Å². The summed E-state index contributed by atoms with van der Waals surface area (Å²) in [6.45, 7) is 2.26. The van der Waals surface area contributed by atoms with E-state index in [1.54, 1.807) is 60.9 Å². The van der Waals surface area contributed by atoms with Crippen LogP contribution in [0, 0.1) is 18.3 Å². The van der Waals surface area contributed by atoms with Gasteiger partial charge in [-0.1, -0.05) is 77.8 Å². The molecule has 14 nitrogen and oxygen atoms in total. The van der Waals surface area contributed by atoms with Crippen molar-refractivity contribution in [1.82, 2.24) is 15.6 Å². The predicted molar refractivity (Wildman–Crippen MR) is 252 cm³/mol. The van der Waals surface area contributed by atoms with E-state index in [2.05, 4.69) is 21.7 Å². The summed E-state index contributed by atoms with van der Waals surface area (Å²) in [6, 6.07) is 31.4. The van der Waals surface area contributed by atoms with Gasteiger partial charge in [-0.25, -0.2) is 0 Å². The topological polar surface area (TPSA) is 213 Å². The number of aliphatic hydroxyl groups excluding tert-OH is 2. The van der Waals surface area contributed by atoms with Gasteiger partial charge in [-0.3, -0.25) is 14.6 Å². The maximum atomic E-state index is 11.8. The fourth-order valence-electron chi connectivity index (χ4n) is 7.10. The van der Waals surface area contributed by atoms with Gasteiger partial charge in [0.2, 0.25) is 0 Å². The number of hydrogen-bond donors (Lipinski definition) is 6. The molecular weight excluding hydrogens is 899 g/mol. The third kappa shape index (κ3) is 14.2. The number of aromatic nitrogens is 1. The van der Waals surface area contributed by atoms with Gasteiger partial charge in [-0.05, 0) is 89.5 Å². The zero-order valence-electron chi connectivity index (χ0n) is 36.6. The minimum absolute atomic E-state index is 0.0127. The molecule has 67 heavy (non-hydrogen) atoms. The second-order valence-corrected chi connectivity index (χ2v) is 16.3. The number of rotatable bonds is 25. The van der Waals surface area contributed by atoms with Crippen LogP contribution < -0.4 is 29.6 Å². The number of carbonyl (C=O) groups is 2. The van der Waals surface area contributed by atoms with Crippen molar-refractivity contribution in [3.8, 4) is 40.2 Å². The van der Waals surface area contributed by atoms with Crippen LogP contribution in [0.5, 0.6) is 23.0 Å². The molecule has 0 radical (unpaired) electrons. The first-order chi connectivity index (χ1) is 32.5. The highest BCUT2D eigenvalue weighted by atomic mass is 35.5. The van der Waals surface area contributed by atoms with Crippen molar-refractivity contribution < 1.29 is 49.0 Å². The Hall–Kier alpha value is -6.70. The zero-order valence-corrected chi connectivity index (χ0v) is 38.1. The first-order valence-electron chi connectivity index (χ1n) is 21.3. The Labute approximate surface area is 398 Å². The smallest absolute Gasteiger partial charge is 0.320 e. The highest BCUT2D eigenvalue weighted by molar-refractivity contribution is 6.32. The average Bonchev–Trinajstić information content (AvgIpc) is 3.33. The van der Waals surface area contributed by atoms with E-state index in [1.165, 1.54) is 0 Å². The molecule has 0 saturated heterocycles. The summed E-state index contributed by atoms with van der Waals surface area (Å²) in [6.07, 6.45) is 3.40. The molecule has 5 aromatic carbocycles. The summed E-state index contributed by atoms with van der Waals surface area (Å²) in [5.74, 6) is -0.624. The van der Waals surface area contributed by atoms with E-state index in [0.717, 1.165) is 38.9 Å². The Kier molecular flexibility index (Phi) is 18.3. The maximum Gasteiger partial charge on any atom is 0.320 e. The number of nitriles is 1. The molecule has 6 N–H and O–H groups in total. The fraction of sp³-hybridized carbons (Fsp3) is 0.255. The number of benzene rings is 5. The molecule has 0 fully saturated rings. The highest BCUT2D eigenvalue weighted by Gasteiger charge is 2.21.